The maximum absolute atomic E-state index is 13.3. The number of hydrogen-bond acceptors (Lipinski definition) is 6. The van der Waals surface area contributed by atoms with Gasteiger partial charge in [-0.25, -0.2) is 4.98 Å². The van der Waals surface area contributed by atoms with Gasteiger partial charge in [-0.15, -0.1) is 0 Å². The van der Waals surface area contributed by atoms with Gasteiger partial charge in [0, 0.05) is 18.8 Å². The molecule has 1 aliphatic heterocycles. The second-order valence-corrected chi connectivity index (χ2v) is 9.27. The van der Waals surface area contributed by atoms with E-state index >= 15 is 0 Å². The lowest BCUT2D eigenvalue weighted by atomic mass is 10.1. The molecule has 1 fully saturated rings. The monoisotopic (exact) mass is 450 g/mol. The molecule has 1 aliphatic rings. The topological polar surface area (TPSA) is 66.7 Å². The largest absolute Gasteiger partial charge is 0.365 e. The summed E-state index contributed by atoms with van der Waals surface area (Å²) in [6, 6.07) is 13.5. The third kappa shape index (κ3) is 4.26. The van der Waals surface area contributed by atoms with Gasteiger partial charge in [-0.1, -0.05) is 59.9 Å². The Bertz CT molecular complexity index is 1260. The lowest BCUT2D eigenvalue weighted by Crippen LogP contribution is -2.34. The van der Waals surface area contributed by atoms with Crippen molar-refractivity contribution in [2.75, 3.05) is 5.32 Å². The minimum atomic E-state index is -0.244. The van der Waals surface area contributed by atoms with Crippen molar-refractivity contribution in [2.24, 2.45) is 0 Å². The second-order valence-electron chi connectivity index (χ2n) is 7.59. The zero-order valence-corrected chi connectivity index (χ0v) is 19.1. The number of hydrogen-bond donors (Lipinski definition) is 1. The second kappa shape index (κ2) is 8.64. The van der Waals surface area contributed by atoms with Crippen molar-refractivity contribution in [1.82, 2.24) is 14.3 Å². The van der Waals surface area contributed by atoms with E-state index in [4.69, 9.17) is 12.2 Å². The molecular formula is C23H22N4O2S2. The van der Waals surface area contributed by atoms with Crippen molar-refractivity contribution in [3.05, 3.63) is 80.6 Å². The molecule has 8 heteroatoms. The average Bonchev–Trinajstić information content (AvgIpc) is 3.03. The number of aryl methyl sites for hydroxylation is 1. The summed E-state index contributed by atoms with van der Waals surface area (Å²) in [7, 11) is 0. The van der Waals surface area contributed by atoms with E-state index in [1.54, 1.807) is 29.3 Å². The number of nitrogens with one attached hydrogen (secondary N) is 1. The number of rotatable bonds is 5. The van der Waals surface area contributed by atoms with Crippen molar-refractivity contribution < 1.29 is 4.79 Å². The van der Waals surface area contributed by atoms with Gasteiger partial charge in [-0.3, -0.25) is 18.9 Å². The molecule has 31 heavy (non-hydrogen) atoms. The number of anilines is 1. The molecule has 0 saturated carbocycles. The minimum absolute atomic E-state index is 0.0478. The summed E-state index contributed by atoms with van der Waals surface area (Å²) < 4.78 is 1.97. The molecule has 1 saturated heterocycles. The maximum atomic E-state index is 13.3. The number of thioether (sulfide) groups is 1. The highest BCUT2D eigenvalue weighted by Crippen LogP contribution is 2.34. The Morgan fingerprint density at radius 1 is 1.16 bits per heavy atom. The van der Waals surface area contributed by atoms with Gasteiger partial charge in [0.2, 0.25) is 0 Å². The van der Waals surface area contributed by atoms with E-state index in [0.29, 0.717) is 32.8 Å². The SMILES string of the molecule is Cc1ccc(CNc2nc3ccccn3c(=O)c2/C=C2\SC(=S)N(C(C)C)C2=O)cc1. The van der Waals surface area contributed by atoms with Crippen LogP contribution >= 0.6 is 24.0 Å². The van der Waals surface area contributed by atoms with Gasteiger partial charge in [0.1, 0.15) is 15.8 Å². The molecule has 6 nitrogen and oxygen atoms in total. The number of thiocarbonyl (C=S) groups is 1. The smallest absolute Gasteiger partial charge is 0.267 e. The van der Waals surface area contributed by atoms with Crippen LogP contribution in [0.1, 0.15) is 30.5 Å². The molecule has 1 N–H and O–H groups in total. The van der Waals surface area contributed by atoms with Crippen molar-refractivity contribution >= 4 is 51.7 Å². The molecule has 0 atom stereocenters. The first-order valence-electron chi connectivity index (χ1n) is 9.93. The highest BCUT2D eigenvalue weighted by atomic mass is 32.2. The highest BCUT2D eigenvalue weighted by molar-refractivity contribution is 8.26. The van der Waals surface area contributed by atoms with Gasteiger partial charge in [0.15, 0.2) is 0 Å². The van der Waals surface area contributed by atoms with Crippen molar-refractivity contribution in [3.63, 3.8) is 0 Å². The number of nitrogens with zero attached hydrogens (tertiary/aromatic N) is 3. The quantitative estimate of drug-likeness (QED) is 0.464. The number of carbonyl (C=O) groups is 1. The molecule has 2 aromatic heterocycles. The van der Waals surface area contributed by atoms with E-state index in [2.05, 4.69) is 10.3 Å². The fraction of sp³-hybridized carbons (Fsp3) is 0.217. The van der Waals surface area contributed by atoms with E-state index in [0.717, 1.165) is 5.56 Å². The third-order valence-electron chi connectivity index (χ3n) is 4.96. The predicted molar refractivity (Wildman–Crippen MR) is 130 cm³/mol. The first-order valence-corrected chi connectivity index (χ1v) is 11.2. The number of pyridine rings is 1. The van der Waals surface area contributed by atoms with Crippen LogP contribution in [-0.4, -0.2) is 30.6 Å². The molecule has 1 amide bonds. The fourth-order valence-corrected chi connectivity index (χ4v) is 4.82. The summed E-state index contributed by atoms with van der Waals surface area (Å²) in [5, 5.41) is 3.28. The average molecular weight is 451 g/mol. The Kier molecular flexibility index (Phi) is 5.93. The Morgan fingerprint density at radius 3 is 2.58 bits per heavy atom. The third-order valence-corrected chi connectivity index (χ3v) is 6.30. The highest BCUT2D eigenvalue weighted by Gasteiger charge is 2.34. The van der Waals surface area contributed by atoms with Crippen LogP contribution in [0.15, 0.2) is 58.4 Å². The lowest BCUT2D eigenvalue weighted by Gasteiger charge is -2.18. The summed E-state index contributed by atoms with van der Waals surface area (Å²) in [6.45, 7) is 6.36. The van der Waals surface area contributed by atoms with Crippen LogP contribution in [0.5, 0.6) is 0 Å². The molecule has 0 aliphatic carbocycles. The fourth-order valence-electron chi connectivity index (χ4n) is 3.32. The Balaban J connectivity index is 1.77. The number of fused-ring (bicyclic) bond motifs is 1. The molecule has 0 radical (unpaired) electrons. The van der Waals surface area contributed by atoms with Crippen molar-refractivity contribution in [3.8, 4) is 0 Å². The first kappa shape index (κ1) is 21.3. The zero-order valence-electron chi connectivity index (χ0n) is 17.5. The standard InChI is InChI=1S/C23H22N4O2S2/c1-14(2)27-22(29)18(31-23(27)30)12-17-20(24-13-16-9-7-15(3)8-10-16)25-19-6-4-5-11-26(19)21(17)28/h4-12,14,24H,13H2,1-3H3/b18-12-. The number of amides is 1. The van der Waals surface area contributed by atoms with Crippen LogP contribution in [0.3, 0.4) is 0 Å². The molecule has 4 rings (SSSR count). The van der Waals surface area contributed by atoms with Gasteiger partial charge in [0.05, 0.1) is 10.5 Å². The summed E-state index contributed by atoms with van der Waals surface area (Å²) in [5.41, 5.74) is 2.87. The van der Waals surface area contributed by atoms with E-state index < -0.39 is 0 Å². The van der Waals surface area contributed by atoms with Gasteiger partial charge >= 0.3 is 0 Å². The molecule has 0 spiro atoms. The Morgan fingerprint density at radius 2 is 1.90 bits per heavy atom. The van der Waals surface area contributed by atoms with Crippen LogP contribution in [0, 0.1) is 6.92 Å². The lowest BCUT2D eigenvalue weighted by molar-refractivity contribution is -0.123. The molecule has 158 valence electrons. The van der Waals surface area contributed by atoms with Gasteiger partial charge in [0.25, 0.3) is 11.5 Å². The summed E-state index contributed by atoms with van der Waals surface area (Å²) in [6.07, 6.45) is 3.28. The van der Waals surface area contributed by atoms with Gasteiger partial charge in [-0.2, -0.15) is 0 Å². The van der Waals surface area contributed by atoms with Crippen molar-refractivity contribution in [1.29, 1.82) is 0 Å². The zero-order chi connectivity index (χ0) is 22.1. The maximum Gasteiger partial charge on any atom is 0.267 e. The molecule has 0 bridgehead atoms. The van der Waals surface area contributed by atoms with E-state index in [1.165, 1.54) is 21.7 Å². The van der Waals surface area contributed by atoms with Crippen LogP contribution in [0.2, 0.25) is 0 Å². The summed E-state index contributed by atoms with van der Waals surface area (Å²) in [4.78, 5) is 32.8. The van der Waals surface area contributed by atoms with E-state index in [9.17, 15) is 9.59 Å². The molecule has 3 heterocycles. The molecule has 1 aromatic carbocycles. The number of aromatic nitrogens is 2. The Labute approximate surface area is 190 Å². The van der Waals surface area contributed by atoms with Crippen molar-refractivity contribution in [2.45, 2.75) is 33.4 Å². The van der Waals surface area contributed by atoms with Gasteiger partial charge < -0.3 is 5.32 Å². The summed E-state index contributed by atoms with van der Waals surface area (Å²) in [5.74, 6) is 0.249. The number of benzene rings is 1. The minimum Gasteiger partial charge on any atom is -0.365 e. The normalized spacial score (nSPS) is 15.5. The molecular weight excluding hydrogens is 428 g/mol. The van der Waals surface area contributed by atoms with Crippen LogP contribution in [0.4, 0.5) is 5.82 Å². The van der Waals surface area contributed by atoms with Crippen LogP contribution in [-0.2, 0) is 11.3 Å². The molecule has 3 aromatic rings. The molecule has 0 unspecified atom stereocenters. The van der Waals surface area contributed by atoms with Gasteiger partial charge in [-0.05, 0) is 44.5 Å². The van der Waals surface area contributed by atoms with Crippen LogP contribution < -0.4 is 10.9 Å². The first-order chi connectivity index (χ1) is 14.8. The number of carbonyl (C=O) groups excluding carboxylic acids is 1. The Hall–Kier alpha value is -2.97. The summed E-state index contributed by atoms with van der Waals surface area (Å²) >= 11 is 6.58. The van der Waals surface area contributed by atoms with E-state index in [-0.39, 0.29) is 17.5 Å². The van der Waals surface area contributed by atoms with Crippen LogP contribution in [0.25, 0.3) is 11.7 Å². The predicted octanol–water partition coefficient (Wildman–Crippen LogP) is 4.22. The van der Waals surface area contributed by atoms with E-state index in [1.807, 2.05) is 51.1 Å².